The number of pyridine rings is 1. The monoisotopic (exact) mass is 266 g/mol. The zero-order chi connectivity index (χ0) is 13.8. The molecule has 1 saturated heterocycles. The van der Waals surface area contributed by atoms with Crippen LogP contribution in [-0.4, -0.2) is 54.7 Å². The molecule has 0 saturated carbocycles. The molecule has 1 amide bonds. The van der Waals surface area contributed by atoms with E-state index >= 15 is 0 Å². The molecule has 7 nitrogen and oxygen atoms in total. The lowest BCUT2D eigenvalue weighted by Crippen LogP contribution is -2.49. The number of carbonyl (C=O) groups excluding carboxylic acids is 2. The number of aromatic amines is 1. The van der Waals surface area contributed by atoms with Gasteiger partial charge in [0, 0.05) is 25.0 Å². The summed E-state index contributed by atoms with van der Waals surface area (Å²) in [4.78, 5) is 39.3. The van der Waals surface area contributed by atoms with Gasteiger partial charge in [-0.3, -0.25) is 9.59 Å². The van der Waals surface area contributed by atoms with E-state index < -0.39 is 18.0 Å². The maximum Gasteiger partial charge on any atom is 0.336 e. The molecule has 1 aromatic heterocycles. The number of rotatable bonds is 2. The van der Waals surface area contributed by atoms with Crippen molar-refractivity contribution in [3.05, 3.63) is 34.2 Å². The molecule has 0 radical (unpaired) electrons. The maximum atomic E-state index is 12.2. The van der Waals surface area contributed by atoms with E-state index in [0.29, 0.717) is 6.54 Å². The highest BCUT2D eigenvalue weighted by atomic mass is 16.6. The molecule has 2 rings (SSSR count). The van der Waals surface area contributed by atoms with Crippen molar-refractivity contribution in [2.45, 2.75) is 6.10 Å². The van der Waals surface area contributed by atoms with Crippen LogP contribution in [0.5, 0.6) is 0 Å². The van der Waals surface area contributed by atoms with Gasteiger partial charge < -0.3 is 19.4 Å². The number of hydrogen-bond acceptors (Lipinski definition) is 5. The van der Waals surface area contributed by atoms with E-state index in [0.717, 1.165) is 0 Å². The SMILES string of the molecule is COC(=O)C1CN(C(=O)c2c[nH]ccc2=O)CCO1. The number of morpholine rings is 1. The van der Waals surface area contributed by atoms with Crippen molar-refractivity contribution in [1.29, 1.82) is 0 Å². The van der Waals surface area contributed by atoms with Gasteiger partial charge in [0.1, 0.15) is 5.56 Å². The Labute approximate surface area is 109 Å². The minimum Gasteiger partial charge on any atom is -0.467 e. The number of esters is 1. The van der Waals surface area contributed by atoms with Crippen LogP contribution in [0.4, 0.5) is 0 Å². The molecular formula is C12H14N2O5. The van der Waals surface area contributed by atoms with Crippen molar-refractivity contribution in [2.24, 2.45) is 0 Å². The minimum absolute atomic E-state index is 0.0491. The van der Waals surface area contributed by atoms with E-state index in [9.17, 15) is 14.4 Å². The molecule has 1 aliphatic rings. The van der Waals surface area contributed by atoms with Crippen molar-refractivity contribution < 1.29 is 19.1 Å². The van der Waals surface area contributed by atoms with Crippen molar-refractivity contribution >= 4 is 11.9 Å². The van der Waals surface area contributed by atoms with Crippen molar-refractivity contribution in [3.8, 4) is 0 Å². The fraction of sp³-hybridized carbons (Fsp3) is 0.417. The number of aromatic nitrogens is 1. The highest BCUT2D eigenvalue weighted by Gasteiger charge is 2.30. The number of nitrogens with zero attached hydrogens (tertiary/aromatic N) is 1. The number of nitrogens with one attached hydrogen (secondary N) is 1. The van der Waals surface area contributed by atoms with Gasteiger partial charge in [0.15, 0.2) is 11.5 Å². The topological polar surface area (TPSA) is 88.7 Å². The van der Waals surface area contributed by atoms with Crippen LogP contribution < -0.4 is 5.43 Å². The van der Waals surface area contributed by atoms with Gasteiger partial charge in [0.25, 0.3) is 5.91 Å². The first kappa shape index (κ1) is 13.3. The van der Waals surface area contributed by atoms with Crippen LogP contribution in [0, 0.1) is 0 Å². The summed E-state index contributed by atoms with van der Waals surface area (Å²) in [5.74, 6) is -0.946. The number of hydrogen-bond donors (Lipinski definition) is 1. The average molecular weight is 266 g/mol. The lowest BCUT2D eigenvalue weighted by atomic mass is 10.2. The first-order chi connectivity index (χ1) is 9.13. The Morgan fingerprint density at radius 3 is 3.00 bits per heavy atom. The molecule has 7 heteroatoms. The second-order valence-electron chi connectivity index (χ2n) is 4.06. The third-order valence-corrected chi connectivity index (χ3v) is 2.87. The number of amides is 1. The van der Waals surface area contributed by atoms with Gasteiger partial charge in [0.2, 0.25) is 0 Å². The summed E-state index contributed by atoms with van der Waals surface area (Å²) in [6.45, 7) is 0.650. The van der Waals surface area contributed by atoms with Gasteiger partial charge in [-0.2, -0.15) is 0 Å². The summed E-state index contributed by atoms with van der Waals surface area (Å²) >= 11 is 0. The Balaban J connectivity index is 2.14. The predicted molar refractivity (Wildman–Crippen MR) is 64.7 cm³/mol. The Hall–Kier alpha value is -2.15. The fourth-order valence-electron chi connectivity index (χ4n) is 1.86. The normalized spacial score (nSPS) is 19.0. The lowest BCUT2D eigenvalue weighted by molar-refractivity contribution is -0.158. The van der Waals surface area contributed by atoms with Crippen LogP contribution in [0.1, 0.15) is 10.4 Å². The van der Waals surface area contributed by atoms with Crippen molar-refractivity contribution in [1.82, 2.24) is 9.88 Å². The molecule has 0 aliphatic carbocycles. The van der Waals surface area contributed by atoms with Crippen molar-refractivity contribution in [3.63, 3.8) is 0 Å². The molecule has 1 N–H and O–H groups in total. The zero-order valence-corrected chi connectivity index (χ0v) is 10.4. The highest BCUT2D eigenvalue weighted by molar-refractivity contribution is 5.94. The van der Waals surface area contributed by atoms with Crippen LogP contribution >= 0.6 is 0 Å². The second-order valence-corrected chi connectivity index (χ2v) is 4.06. The van der Waals surface area contributed by atoms with Crippen LogP contribution in [0.2, 0.25) is 0 Å². The van der Waals surface area contributed by atoms with E-state index in [-0.39, 0.29) is 24.1 Å². The van der Waals surface area contributed by atoms with Crippen LogP contribution in [0.25, 0.3) is 0 Å². The summed E-state index contributed by atoms with van der Waals surface area (Å²) in [5.41, 5.74) is -0.308. The summed E-state index contributed by atoms with van der Waals surface area (Å²) in [7, 11) is 1.26. The van der Waals surface area contributed by atoms with Gasteiger partial charge >= 0.3 is 5.97 Å². The number of ether oxygens (including phenoxy) is 2. The van der Waals surface area contributed by atoms with E-state index in [1.165, 1.54) is 30.5 Å². The molecule has 1 aliphatic heterocycles. The van der Waals surface area contributed by atoms with Crippen LogP contribution in [0.15, 0.2) is 23.3 Å². The Kier molecular flexibility index (Phi) is 3.96. The van der Waals surface area contributed by atoms with Gasteiger partial charge in [-0.25, -0.2) is 4.79 Å². The minimum atomic E-state index is -0.800. The Morgan fingerprint density at radius 2 is 2.32 bits per heavy atom. The fourth-order valence-corrected chi connectivity index (χ4v) is 1.86. The lowest BCUT2D eigenvalue weighted by Gasteiger charge is -2.31. The molecule has 0 spiro atoms. The third-order valence-electron chi connectivity index (χ3n) is 2.87. The summed E-state index contributed by atoms with van der Waals surface area (Å²) in [6, 6.07) is 1.28. The number of methoxy groups -OCH3 is 1. The Bertz CT molecular complexity index is 539. The predicted octanol–water partition coefficient (Wildman–Crippen LogP) is -0.611. The number of H-pyrrole nitrogens is 1. The highest BCUT2D eigenvalue weighted by Crippen LogP contribution is 2.09. The largest absolute Gasteiger partial charge is 0.467 e. The second kappa shape index (κ2) is 5.66. The van der Waals surface area contributed by atoms with Crippen LogP contribution in [0.3, 0.4) is 0 Å². The standard InChI is InChI=1S/C12H14N2O5/c1-18-12(17)10-7-14(4-5-19-10)11(16)8-6-13-3-2-9(8)15/h2-3,6,10H,4-5,7H2,1H3,(H,13,15). The molecule has 1 fully saturated rings. The quantitative estimate of drug-likeness (QED) is 0.721. The first-order valence-corrected chi connectivity index (χ1v) is 5.79. The smallest absolute Gasteiger partial charge is 0.336 e. The van der Waals surface area contributed by atoms with E-state index in [4.69, 9.17) is 4.74 Å². The van der Waals surface area contributed by atoms with E-state index in [1.54, 1.807) is 0 Å². The molecule has 0 aromatic carbocycles. The van der Waals surface area contributed by atoms with Crippen molar-refractivity contribution in [2.75, 3.05) is 26.8 Å². The van der Waals surface area contributed by atoms with E-state index in [2.05, 4.69) is 9.72 Å². The van der Waals surface area contributed by atoms with E-state index in [1.807, 2.05) is 0 Å². The average Bonchev–Trinajstić information content (AvgIpc) is 2.46. The summed E-state index contributed by atoms with van der Waals surface area (Å²) in [5, 5.41) is 0. The Morgan fingerprint density at radius 1 is 1.53 bits per heavy atom. The molecule has 102 valence electrons. The maximum absolute atomic E-state index is 12.2. The summed E-state index contributed by atoms with van der Waals surface area (Å²) in [6.07, 6.45) is 2.01. The molecular weight excluding hydrogens is 252 g/mol. The first-order valence-electron chi connectivity index (χ1n) is 5.79. The van der Waals surface area contributed by atoms with Gasteiger partial charge in [-0.15, -0.1) is 0 Å². The molecule has 0 bridgehead atoms. The zero-order valence-electron chi connectivity index (χ0n) is 10.4. The van der Waals surface area contributed by atoms with Gasteiger partial charge in [-0.05, 0) is 0 Å². The molecule has 2 heterocycles. The summed E-state index contributed by atoms with van der Waals surface area (Å²) < 4.78 is 9.80. The molecule has 1 unspecified atom stereocenters. The van der Waals surface area contributed by atoms with Crippen LogP contribution in [-0.2, 0) is 14.3 Å². The van der Waals surface area contributed by atoms with Gasteiger partial charge in [0.05, 0.1) is 20.3 Å². The van der Waals surface area contributed by atoms with Gasteiger partial charge in [-0.1, -0.05) is 0 Å². The number of carbonyl (C=O) groups is 2. The molecule has 1 aromatic rings. The third kappa shape index (κ3) is 2.82. The molecule has 1 atom stereocenters. The molecule has 19 heavy (non-hydrogen) atoms.